The standard InChI is InChI=1S/C16H19ClN2O/c1-10(2)12-3-4-15(19-7-11(8-19)9-20)14-6-18-16(17)5-13(12)14/h3-6,10-11,20H,7-9H2,1-2H3. The van der Waals surface area contributed by atoms with Gasteiger partial charge in [0.15, 0.2) is 0 Å². The van der Waals surface area contributed by atoms with Crippen LogP contribution in [0.5, 0.6) is 0 Å². The van der Waals surface area contributed by atoms with Crippen molar-refractivity contribution in [3.05, 3.63) is 35.1 Å². The summed E-state index contributed by atoms with van der Waals surface area (Å²) in [6.45, 7) is 6.47. The van der Waals surface area contributed by atoms with Gasteiger partial charge in [-0.2, -0.15) is 0 Å². The highest BCUT2D eigenvalue weighted by atomic mass is 35.5. The molecule has 0 bridgehead atoms. The fourth-order valence-corrected chi connectivity index (χ4v) is 3.04. The van der Waals surface area contributed by atoms with Crippen LogP contribution in [-0.2, 0) is 0 Å². The SMILES string of the molecule is CC(C)c1ccc(N2CC(CO)C2)c2cnc(Cl)cc12. The Kier molecular flexibility index (Phi) is 3.57. The Bertz CT molecular complexity index is 636. The van der Waals surface area contributed by atoms with Crippen molar-refractivity contribution >= 4 is 28.1 Å². The van der Waals surface area contributed by atoms with Crippen LogP contribution in [0, 0.1) is 5.92 Å². The molecule has 106 valence electrons. The first-order valence-corrected chi connectivity index (χ1v) is 7.42. The van der Waals surface area contributed by atoms with E-state index in [1.54, 1.807) is 0 Å². The third kappa shape index (κ3) is 2.25. The third-order valence-corrected chi connectivity index (χ3v) is 4.26. The Hall–Kier alpha value is -1.32. The molecule has 1 saturated heterocycles. The molecule has 1 N–H and O–H groups in total. The zero-order chi connectivity index (χ0) is 14.3. The van der Waals surface area contributed by atoms with Gasteiger partial charge in [0.1, 0.15) is 5.15 Å². The number of hydrogen-bond acceptors (Lipinski definition) is 3. The van der Waals surface area contributed by atoms with E-state index in [-0.39, 0.29) is 6.61 Å². The molecule has 0 unspecified atom stereocenters. The minimum atomic E-state index is 0.266. The zero-order valence-electron chi connectivity index (χ0n) is 11.8. The smallest absolute Gasteiger partial charge is 0.129 e. The summed E-state index contributed by atoms with van der Waals surface area (Å²) >= 11 is 6.06. The number of aromatic nitrogens is 1. The number of anilines is 1. The largest absolute Gasteiger partial charge is 0.396 e. The lowest BCUT2D eigenvalue weighted by Gasteiger charge is -2.41. The number of aliphatic hydroxyl groups excluding tert-OH is 1. The molecule has 3 nitrogen and oxygen atoms in total. The summed E-state index contributed by atoms with van der Waals surface area (Å²) in [5.41, 5.74) is 2.49. The van der Waals surface area contributed by atoms with Gasteiger partial charge in [-0.25, -0.2) is 4.98 Å². The molecule has 1 aromatic heterocycles. The first-order chi connectivity index (χ1) is 9.60. The highest BCUT2D eigenvalue weighted by molar-refractivity contribution is 6.30. The number of pyridine rings is 1. The number of fused-ring (bicyclic) bond motifs is 1. The molecule has 20 heavy (non-hydrogen) atoms. The molecule has 2 heterocycles. The Morgan fingerprint density at radius 3 is 2.75 bits per heavy atom. The second-order valence-corrected chi connectivity index (χ2v) is 6.22. The van der Waals surface area contributed by atoms with E-state index < -0.39 is 0 Å². The summed E-state index contributed by atoms with van der Waals surface area (Å²) in [4.78, 5) is 6.53. The van der Waals surface area contributed by atoms with Gasteiger partial charge >= 0.3 is 0 Å². The lowest BCUT2D eigenvalue weighted by Crippen LogP contribution is -2.48. The summed E-state index contributed by atoms with van der Waals surface area (Å²) in [5, 5.41) is 12.0. The Morgan fingerprint density at radius 2 is 2.10 bits per heavy atom. The third-order valence-electron chi connectivity index (χ3n) is 4.06. The highest BCUT2D eigenvalue weighted by Gasteiger charge is 2.27. The van der Waals surface area contributed by atoms with Crippen LogP contribution in [0.4, 0.5) is 5.69 Å². The van der Waals surface area contributed by atoms with Crippen LogP contribution in [0.2, 0.25) is 5.15 Å². The number of hydrogen-bond donors (Lipinski definition) is 1. The lowest BCUT2D eigenvalue weighted by molar-refractivity contribution is 0.201. The van der Waals surface area contributed by atoms with Crippen molar-refractivity contribution < 1.29 is 5.11 Å². The van der Waals surface area contributed by atoms with Crippen molar-refractivity contribution in [1.29, 1.82) is 0 Å². The molecule has 0 radical (unpaired) electrons. The van der Waals surface area contributed by atoms with Gasteiger partial charge < -0.3 is 10.0 Å². The number of aliphatic hydroxyl groups is 1. The molecule has 1 aliphatic heterocycles. The number of benzene rings is 1. The average molecular weight is 291 g/mol. The minimum Gasteiger partial charge on any atom is -0.396 e. The van der Waals surface area contributed by atoms with Gasteiger partial charge in [-0.3, -0.25) is 0 Å². The maximum absolute atomic E-state index is 9.16. The zero-order valence-corrected chi connectivity index (χ0v) is 12.6. The summed E-state index contributed by atoms with van der Waals surface area (Å²) in [6.07, 6.45) is 1.87. The summed E-state index contributed by atoms with van der Waals surface area (Å²) < 4.78 is 0. The van der Waals surface area contributed by atoms with Gasteiger partial charge in [0.25, 0.3) is 0 Å². The van der Waals surface area contributed by atoms with Crippen molar-refractivity contribution in [2.45, 2.75) is 19.8 Å². The fourth-order valence-electron chi connectivity index (χ4n) is 2.88. The van der Waals surface area contributed by atoms with Crippen LogP contribution >= 0.6 is 11.6 Å². The van der Waals surface area contributed by atoms with Crippen LogP contribution in [0.25, 0.3) is 10.8 Å². The summed E-state index contributed by atoms with van der Waals surface area (Å²) in [7, 11) is 0. The van der Waals surface area contributed by atoms with Crippen LogP contribution in [0.1, 0.15) is 25.3 Å². The molecule has 4 heteroatoms. The van der Waals surface area contributed by atoms with Crippen molar-refractivity contribution in [1.82, 2.24) is 4.98 Å². The van der Waals surface area contributed by atoms with Crippen molar-refractivity contribution in [2.75, 3.05) is 24.6 Å². The monoisotopic (exact) mass is 290 g/mol. The fraction of sp³-hybridized carbons (Fsp3) is 0.438. The quantitative estimate of drug-likeness (QED) is 0.880. The second kappa shape index (κ2) is 5.23. The Labute approximate surface area is 124 Å². The van der Waals surface area contributed by atoms with E-state index in [4.69, 9.17) is 16.7 Å². The molecule has 0 amide bonds. The van der Waals surface area contributed by atoms with Gasteiger partial charge in [-0.15, -0.1) is 0 Å². The molecule has 0 atom stereocenters. The van der Waals surface area contributed by atoms with Crippen molar-refractivity contribution in [3.63, 3.8) is 0 Å². The van der Waals surface area contributed by atoms with E-state index in [1.807, 2.05) is 12.3 Å². The van der Waals surface area contributed by atoms with Crippen molar-refractivity contribution in [2.24, 2.45) is 5.92 Å². The predicted molar refractivity (Wildman–Crippen MR) is 83.6 cm³/mol. The first-order valence-electron chi connectivity index (χ1n) is 7.04. The predicted octanol–water partition coefficient (Wildman–Crippen LogP) is 3.44. The minimum absolute atomic E-state index is 0.266. The van der Waals surface area contributed by atoms with Gasteiger partial charge in [0.2, 0.25) is 0 Å². The van der Waals surface area contributed by atoms with E-state index >= 15 is 0 Å². The van der Waals surface area contributed by atoms with E-state index in [1.165, 1.54) is 16.6 Å². The van der Waals surface area contributed by atoms with Crippen LogP contribution < -0.4 is 4.90 Å². The maximum atomic E-state index is 9.16. The summed E-state index contributed by atoms with van der Waals surface area (Å²) in [5.74, 6) is 0.849. The number of rotatable bonds is 3. The van der Waals surface area contributed by atoms with Crippen LogP contribution in [0.3, 0.4) is 0 Å². The molecule has 0 spiro atoms. The van der Waals surface area contributed by atoms with Crippen molar-refractivity contribution in [3.8, 4) is 0 Å². The van der Waals surface area contributed by atoms with Gasteiger partial charge in [0.05, 0.1) is 0 Å². The average Bonchev–Trinajstić information content (AvgIpc) is 2.36. The maximum Gasteiger partial charge on any atom is 0.129 e. The van der Waals surface area contributed by atoms with Gasteiger partial charge in [-0.1, -0.05) is 31.5 Å². The molecule has 1 aliphatic rings. The van der Waals surface area contributed by atoms with E-state index in [0.717, 1.165) is 18.5 Å². The van der Waals surface area contributed by atoms with E-state index in [0.29, 0.717) is 17.0 Å². The highest BCUT2D eigenvalue weighted by Crippen LogP contribution is 2.36. The summed E-state index contributed by atoms with van der Waals surface area (Å²) in [6, 6.07) is 6.31. The molecule has 0 aliphatic carbocycles. The van der Waals surface area contributed by atoms with Gasteiger partial charge in [0, 0.05) is 42.9 Å². The molecule has 2 aromatic rings. The van der Waals surface area contributed by atoms with Crippen LogP contribution in [-0.4, -0.2) is 29.8 Å². The normalized spacial score (nSPS) is 15.9. The lowest BCUT2D eigenvalue weighted by atomic mass is 9.93. The molecule has 1 fully saturated rings. The number of nitrogens with zero attached hydrogens (tertiary/aromatic N) is 2. The Morgan fingerprint density at radius 1 is 1.35 bits per heavy atom. The van der Waals surface area contributed by atoms with E-state index in [9.17, 15) is 0 Å². The second-order valence-electron chi connectivity index (χ2n) is 5.83. The van der Waals surface area contributed by atoms with Crippen LogP contribution in [0.15, 0.2) is 24.4 Å². The number of halogens is 1. The molecule has 0 saturated carbocycles. The Balaban J connectivity index is 2.09. The topological polar surface area (TPSA) is 36.4 Å². The van der Waals surface area contributed by atoms with Gasteiger partial charge in [-0.05, 0) is 29.0 Å². The molecule has 1 aromatic carbocycles. The molecular formula is C16H19ClN2O. The molecule has 3 rings (SSSR count). The van der Waals surface area contributed by atoms with E-state index in [2.05, 4.69) is 35.9 Å². The molecular weight excluding hydrogens is 272 g/mol. The first kappa shape index (κ1) is 13.7.